The minimum Gasteiger partial charge on any atom is -0.494 e. The van der Waals surface area contributed by atoms with Crippen molar-refractivity contribution in [2.75, 3.05) is 13.2 Å². The van der Waals surface area contributed by atoms with Gasteiger partial charge in [0.05, 0.1) is 6.61 Å². The minimum absolute atomic E-state index is 0.516. The molecule has 0 saturated heterocycles. The molecule has 0 spiro atoms. The zero-order chi connectivity index (χ0) is 13.9. The van der Waals surface area contributed by atoms with Crippen molar-refractivity contribution in [2.24, 2.45) is 0 Å². The fraction of sp³-hybridized carbons (Fsp3) is 0.529. The molecule has 1 atom stereocenters. The zero-order valence-electron chi connectivity index (χ0n) is 12.1. The van der Waals surface area contributed by atoms with Crippen LogP contribution >= 0.6 is 0 Å². The third-order valence-electron chi connectivity index (χ3n) is 2.94. The van der Waals surface area contributed by atoms with Gasteiger partial charge in [0.15, 0.2) is 0 Å². The molecule has 0 amide bonds. The molecule has 0 heterocycles. The van der Waals surface area contributed by atoms with Gasteiger partial charge in [-0.25, -0.2) is 0 Å². The largest absolute Gasteiger partial charge is 0.494 e. The summed E-state index contributed by atoms with van der Waals surface area (Å²) < 4.78 is 5.62. The van der Waals surface area contributed by atoms with Crippen LogP contribution in [0, 0.1) is 12.3 Å². The molecule has 0 radical (unpaired) electrons. The van der Waals surface area contributed by atoms with Gasteiger partial charge in [0.2, 0.25) is 0 Å². The third-order valence-corrected chi connectivity index (χ3v) is 2.94. The lowest BCUT2D eigenvalue weighted by Gasteiger charge is -2.13. The van der Waals surface area contributed by atoms with Gasteiger partial charge in [-0.15, -0.1) is 12.3 Å². The molecule has 2 heteroatoms. The van der Waals surface area contributed by atoms with E-state index in [-0.39, 0.29) is 0 Å². The number of terminal acetylenes is 1. The van der Waals surface area contributed by atoms with Crippen molar-refractivity contribution < 1.29 is 4.74 Å². The number of nitrogens with one attached hydrogen (secondary N) is 1. The Morgan fingerprint density at radius 1 is 1.32 bits per heavy atom. The molecule has 2 nitrogen and oxygen atoms in total. The highest BCUT2D eigenvalue weighted by molar-refractivity contribution is 5.27. The van der Waals surface area contributed by atoms with E-state index in [2.05, 4.69) is 37.2 Å². The average Bonchev–Trinajstić information content (AvgIpc) is 2.43. The van der Waals surface area contributed by atoms with E-state index in [4.69, 9.17) is 11.2 Å². The molecule has 0 aliphatic heterocycles. The molecule has 0 saturated carbocycles. The van der Waals surface area contributed by atoms with Gasteiger partial charge in [0.1, 0.15) is 5.75 Å². The minimum atomic E-state index is 0.516. The molecule has 0 bridgehead atoms. The maximum Gasteiger partial charge on any atom is 0.119 e. The number of rotatable bonds is 9. The molecule has 0 aromatic heterocycles. The number of hydrogen-bond acceptors (Lipinski definition) is 2. The highest BCUT2D eigenvalue weighted by Crippen LogP contribution is 2.14. The summed E-state index contributed by atoms with van der Waals surface area (Å²) >= 11 is 0. The third kappa shape index (κ3) is 6.88. The van der Waals surface area contributed by atoms with E-state index in [1.807, 2.05) is 12.1 Å². The van der Waals surface area contributed by atoms with Crippen LogP contribution in [0.5, 0.6) is 5.75 Å². The van der Waals surface area contributed by atoms with E-state index >= 15 is 0 Å². The van der Waals surface area contributed by atoms with Crippen molar-refractivity contribution in [1.29, 1.82) is 0 Å². The van der Waals surface area contributed by atoms with Crippen LogP contribution in [0.3, 0.4) is 0 Å². The molecule has 1 aromatic carbocycles. The highest BCUT2D eigenvalue weighted by Gasteiger charge is 2.02. The van der Waals surface area contributed by atoms with Gasteiger partial charge in [0.25, 0.3) is 0 Å². The summed E-state index contributed by atoms with van der Waals surface area (Å²) in [5, 5.41) is 3.49. The SMILES string of the molecule is C#CCCCOc1ccc(CC(C)NCCC)cc1. The molecule has 1 rings (SSSR count). The van der Waals surface area contributed by atoms with Crippen molar-refractivity contribution in [2.45, 2.75) is 45.6 Å². The van der Waals surface area contributed by atoms with E-state index < -0.39 is 0 Å². The molecular formula is C17H25NO. The summed E-state index contributed by atoms with van der Waals surface area (Å²) in [6.45, 7) is 6.18. The van der Waals surface area contributed by atoms with Crippen LogP contribution in [0.2, 0.25) is 0 Å². The predicted molar refractivity (Wildman–Crippen MR) is 81.5 cm³/mol. The van der Waals surface area contributed by atoms with Crippen LogP contribution in [0.1, 0.15) is 38.7 Å². The van der Waals surface area contributed by atoms with Crippen molar-refractivity contribution in [1.82, 2.24) is 5.32 Å². The first-order chi connectivity index (χ1) is 9.26. The predicted octanol–water partition coefficient (Wildman–Crippen LogP) is 3.41. The van der Waals surface area contributed by atoms with Crippen molar-refractivity contribution in [3.63, 3.8) is 0 Å². The highest BCUT2D eigenvalue weighted by atomic mass is 16.5. The summed E-state index contributed by atoms with van der Waals surface area (Å²) in [6.07, 6.45) is 9.12. The average molecular weight is 259 g/mol. The van der Waals surface area contributed by atoms with Crippen LogP contribution in [-0.4, -0.2) is 19.2 Å². The Hall–Kier alpha value is -1.46. The quantitative estimate of drug-likeness (QED) is 0.542. The molecule has 1 aromatic rings. The second-order valence-corrected chi connectivity index (χ2v) is 4.86. The lowest BCUT2D eigenvalue weighted by atomic mass is 10.1. The van der Waals surface area contributed by atoms with Crippen molar-refractivity contribution in [3.05, 3.63) is 29.8 Å². The Balaban J connectivity index is 2.32. The van der Waals surface area contributed by atoms with Crippen LogP contribution in [0.25, 0.3) is 0 Å². The Morgan fingerprint density at radius 3 is 2.68 bits per heavy atom. The molecule has 19 heavy (non-hydrogen) atoms. The van der Waals surface area contributed by atoms with Gasteiger partial charge in [-0.2, -0.15) is 0 Å². The van der Waals surface area contributed by atoms with Crippen molar-refractivity contribution in [3.8, 4) is 18.1 Å². The van der Waals surface area contributed by atoms with E-state index in [9.17, 15) is 0 Å². The molecular weight excluding hydrogens is 234 g/mol. The summed E-state index contributed by atoms with van der Waals surface area (Å²) in [6, 6.07) is 8.87. The van der Waals surface area contributed by atoms with Gasteiger partial charge >= 0.3 is 0 Å². The van der Waals surface area contributed by atoms with Crippen LogP contribution in [0.4, 0.5) is 0 Å². The Labute approximate surface area is 117 Å². The molecule has 0 aliphatic rings. The first-order valence-corrected chi connectivity index (χ1v) is 7.14. The van der Waals surface area contributed by atoms with E-state index in [1.165, 1.54) is 12.0 Å². The van der Waals surface area contributed by atoms with E-state index in [0.29, 0.717) is 12.6 Å². The number of benzene rings is 1. The lowest BCUT2D eigenvalue weighted by molar-refractivity contribution is 0.313. The van der Waals surface area contributed by atoms with Gasteiger partial charge in [-0.1, -0.05) is 19.1 Å². The Bertz CT molecular complexity index is 377. The number of hydrogen-bond donors (Lipinski definition) is 1. The second kappa shape index (κ2) is 9.47. The maximum absolute atomic E-state index is 5.62. The van der Waals surface area contributed by atoms with Crippen LogP contribution in [-0.2, 0) is 6.42 Å². The van der Waals surface area contributed by atoms with Crippen molar-refractivity contribution >= 4 is 0 Å². The molecule has 104 valence electrons. The van der Waals surface area contributed by atoms with Crippen LogP contribution in [0.15, 0.2) is 24.3 Å². The molecule has 1 N–H and O–H groups in total. The summed E-state index contributed by atoms with van der Waals surface area (Å²) in [4.78, 5) is 0. The fourth-order valence-electron chi connectivity index (χ4n) is 1.90. The van der Waals surface area contributed by atoms with Gasteiger partial charge in [-0.05, 0) is 50.4 Å². The lowest BCUT2D eigenvalue weighted by Crippen LogP contribution is -2.28. The van der Waals surface area contributed by atoms with Gasteiger partial charge < -0.3 is 10.1 Å². The Kier molecular flexibility index (Phi) is 7.77. The standard InChI is InChI=1S/C17H25NO/c1-4-6-7-13-19-17-10-8-16(9-11-17)14-15(3)18-12-5-2/h1,8-11,15,18H,5-7,12-14H2,2-3H3. The van der Waals surface area contributed by atoms with Crippen LogP contribution < -0.4 is 10.1 Å². The molecule has 1 unspecified atom stereocenters. The second-order valence-electron chi connectivity index (χ2n) is 4.86. The summed E-state index contributed by atoms with van der Waals surface area (Å²) in [7, 11) is 0. The molecule has 0 aliphatic carbocycles. The topological polar surface area (TPSA) is 21.3 Å². The smallest absolute Gasteiger partial charge is 0.119 e. The zero-order valence-corrected chi connectivity index (χ0v) is 12.1. The van der Waals surface area contributed by atoms with E-state index in [0.717, 1.165) is 31.6 Å². The van der Waals surface area contributed by atoms with Gasteiger partial charge in [-0.3, -0.25) is 0 Å². The monoisotopic (exact) mass is 259 g/mol. The molecule has 0 fully saturated rings. The summed E-state index contributed by atoms with van der Waals surface area (Å²) in [5.74, 6) is 3.54. The normalized spacial score (nSPS) is 11.8. The fourth-order valence-corrected chi connectivity index (χ4v) is 1.90. The van der Waals surface area contributed by atoms with Gasteiger partial charge in [0, 0.05) is 12.5 Å². The first-order valence-electron chi connectivity index (χ1n) is 7.14. The number of unbranched alkanes of at least 4 members (excludes halogenated alkanes) is 1. The number of ether oxygens (including phenoxy) is 1. The van der Waals surface area contributed by atoms with E-state index in [1.54, 1.807) is 0 Å². The first kappa shape index (κ1) is 15.6. The Morgan fingerprint density at radius 2 is 2.05 bits per heavy atom. The maximum atomic E-state index is 5.62. The summed E-state index contributed by atoms with van der Waals surface area (Å²) in [5.41, 5.74) is 1.34.